The standard InChI is InChI=1S/C18H13Cl3N2O4S/c1-10-16(17(24)14-8-5-12(20)9-15(14)21)18(23(2)22-10)27-28(25,26)13-6-3-11(19)4-7-13/h3-9H,1-2H3. The highest BCUT2D eigenvalue weighted by Crippen LogP contribution is 2.31. The maximum atomic E-state index is 13.0. The Morgan fingerprint density at radius 1 is 1.04 bits per heavy atom. The zero-order valence-corrected chi connectivity index (χ0v) is 17.7. The largest absolute Gasteiger partial charge is 0.358 e. The summed E-state index contributed by atoms with van der Waals surface area (Å²) >= 11 is 17.8. The average molecular weight is 460 g/mol. The maximum absolute atomic E-state index is 13.0. The fourth-order valence-electron chi connectivity index (χ4n) is 2.56. The van der Waals surface area contributed by atoms with Gasteiger partial charge in [0.15, 0.2) is 0 Å². The van der Waals surface area contributed by atoms with Crippen LogP contribution in [0.25, 0.3) is 0 Å². The van der Waals surface area contributed by atoms with E-state index in [0.717, 1.165) is 0 Å². The lowest BCUT2D eigenvalue weighted by molar-refractivity contribution is 0.103. The molecule has 0 aliphatic carbocycles. The van der Waals surface area contributed by atoms with Gasteiger partial charge in [0.2, 0.25) is 11.7 Å². The molecule has 0 spiro atoms. The quantitative estimate of drug-likeness (QED) is 0.409. The molecule has 0 radical (unpaired) electrons. The van der Waals surface area contributed by atoms with Gasteiger partial charge in [-0.2, -0.15) is 13.5 Å². The average Bonchev–Trinajstić information content (AvgIpc) is 2.87. The summed E-state index contributed by atoms with van der Waals surface area (Å²) < 4.78 is 31.7. The van der Waals surface area contributed by atoms with Crippen molar-refractivity contribution in [3.05, 3.63) is 74.4 Å². The molecule has 0 N–H and O–H groups in total. The van der Waals surface area contributed by atoms with E-state index in [1.165, 1.54) is 54.2 Å². The zero-order chi connectivity index (χ0) is 20.6. The first-order valence-corrected chi connectivity index (χ1v) is 10.4. The lowest BCUT2D eigenvalue weighted by atomic mass is 10.0. The van der Waals surface area contributed by atoms with Gasteiger partial charge in [-0.1, -0.05) is 34.8 Å². The van der Waals surface area contributed by atoms with Gasteiger partial charge in [-0.15, -0.1) is 0 Å². The molecule has 3 aromatic rings. The first-order valence-electron chi connectivity index (χ1n) is 7.83. The number of halogens is 3. The van der Waals surface area contributed by atoms with Crippen molar-refractivity contribution in [1.29, 1.82) is 0 Å². The normalized spacial score (nSPS) is 11.5. The maximum Gasteiger partial charge on any atom is 0.340 e. The molecule has 1 aromatic heterocycles. The van der Waals surface area contributed by atoms with Crippen molar-refractivity contribution in [3.63, 3.8) is 0 Å². The van der Waals surface area contributed by atoms with Gasteiger partial charge in [0.25, 0.3) is 0 Å². The highest BCUT2D eigenvalue weighted by molar-refractivity contribution is 7.87. The van der Waals surface area contributed by atoms with Crippen LogP contribution in [0.15, 0.2) is 47.4 Å². The second-order valence-electron chi connectivity index (χ2n) is 5.83. The summed E-state index contributed by atoms with van der Waals surface area (Å²) in [6.07, 6.45) is 0. The number of aromatic nitrogens is 2. The van der Waals surface area contributed by atoms with Crippen LogP contribution in [0, 0.1) is 6.92 Å². The van der Waals surface area contributed by atoms with E-state index in [4.69, 9.17) is 39.0 Å². The number of hydrogen-bond acceptors (Lipinski definition) is 5. The van der Waals surface area contributed by atoms with Crippen LogP contribution in [0.1, 0.15) is 21.6 Å². The summed E-state index contributed by atoms with van der Waals surface area (Å²) in [7, 11) is -2.75. The van der Waals surface area contributed by atoms with Crippen LogP contribution in [0.2, 0.25) is 15.1 Å². The Morgan fingerprint density at radius 2 is 1.64 bits per heavy atom. The molecule has 6 nitrogen and oxygen atoms in total. The third kappa shape index (κ3) is 4.03. The highest BCUT2D eigenvalue weighted by Gasteiger charge is 2.29. The molecule has 0 fully saturated rings. The van der Waals surface area contributed by atoms with Gasteiger partial charge in [-0.25, -0.2) is 4.68 Å². The van der Waals surface area contributed by atoms with Crippen LogP contribution in [0.4, 0.5) is 0 Å². The van der Waals surface area contributed by atoms with E-state index in [1.54, 1.807) is 6.92 Å². The molecule has 0 aliphatic rings. The summed E-state index contributed by atoms with van der Waals surface area (Å²) in [5, 5.41) is 4.99. The number of carbonyl (C=O) groups excluding carboxylic acids is 1. The number of rotatable bonds is 5. The molecular formula is C18H13Cl3N2O4S. The molecule has 0 saturated heterocycles. The summed E-state index contributed by atoms with van der Waals surface area (Å²) in [5.74, 6) is -0.753. The van der Waals surface area contributed by atoms with Crippen LogP contribution < -0.4 is 4.18 Å². The van der Waals surface area contributed by atoms with Gasteiger partial charge in [0.05, 0.1) is 10.7 Å². The first kappa shape index (κ1) is 20.7. The number of hydrogen-bond donors (Lipinski definition) is 0. The van der Waals surface area contributed by atoms with Crippen LogP contribution in [0.5, 0.6) is 5.88 Å². The SMILES string of the molecule is Cc1nn(C)c(OS(=O)(=O)c2ccc(Cl)cc2)c1C(=O)c1ccc(Cl)cc1Cl. The predicted octanol–water partition coefficient (Wildman–Crippen LogP) is 4.69. The van der Waals surface area contributed by atoms with E-state index < -0.39 is 15.9 Å². The molecule has 0 unspecified atom stereocenters. The van der Waals surface area contributed by atoms with Crippen molar-refractivity contribution in [1.82, 2.24) is 9.78 Å². The van der Waals surface area contributed by atoms with Gasteiger partial charge in [-0.3, -0.25) is 4.79 Å². The van der Waals surface area contributed by atoms with Crippen molar-refractivity contribution >= 4 is 50.7 Å². The van der Waals surface area contributed by atoms with Crippen LogP contribution in [0.3, 0.4) is 0 Å². The second kappa shape index (κ2) is 7.75. The molecule has 0 atom stereocenters. The van der Waals surface area contributed by atoms with Crippen LogP contribution >= 0.6 is 34.8 Å². The topological polar surface area (TPSA) is 78.3 Å². The molecule has 0 saturated carbocycles. The number of nitrogens with zero attached hydrogens (tertiary/aromatic N) is 2. The number of benzene rings is 2. The van der Waals surface area contributed by atoms with Crippen molar-refractivity contribution in [3.8, 4) is 5.88 Å². The van der Waals surface area contributed by atoms with Gasteiger partial charge >= 0.3 is 10.1 Å². The van der Waals surface area contributed by atoms with E-state index in [-0.39, 0.29) is 26.9 Å². The van der Waals surface area contributed by atoms with E-state index in [9.17, 15) is 13.2 Å². The summed E-state index contributed by atoms with van der Waals surface area (Å²) in [5.41, 5.74) is 0.431. The number of aryl methyl sites for hydroxylation is 2. The van der Waals surface area contributed by atoms with Gasteiger partial charge in [-0.05, 0) is 49.4 Å². The molecule has 10 heteroatoms. The minimum Gasteiger partial charge on any atom is -0.358 e. The Kier molecular flexibility index (Phi) is 5.72. The Bertz CT molecular complexity index is 1170. The van der Waals surface area contributed by atoms with E-state index in [0.29, 0.717) is 15.7 Å². The van der Waals surface area contributed by atoms with Crippen LogP contribution in [-0.2, 0) is 17.2 Å². The van der Waals surface area contributed by atoms with E-state index in [2.05, 4.69) is 5.10 Å². The Morgan fingerprint density at radius 3 is 2.25 bits per heavy atom. The van der Waals surface area contributed by atoms with Gasteiger partial charge in [0, 0.05) is 22.7 Å². The van der Waals surface area contributed by atoms with E-state index >= 15 is 0 Å². The Hall–Kier alpha value is -2.06. The molecule has 28 heavy (non-hydrogen) atoms. The Balaban J connectivity index is 2.06. The number of carbonyl (C=O) groups is 1. The van der Waals surface area contributed by atoms with Gasteiger partial charge < -0.3 is 4.18 Å². The third-order valence-corrected chi connectivity index (χ3v) is 5.89. The van der Waals surface area contributed by atoms with Crippen molar-refractivity contribution < 1.29 is 17.4 Å². The molecule has 2 aromatic carbocycles. The molecule has 0 bridgehead atoms. The molecule has 1 heterocycles. The van der Waals surface area contributed by atoms with Crippen molar-refractivity contribution in [2.75, 3.05) is 0 Å². The monoisotopic (exact) mass is 458 g/mol. The minimum absolute atomic E-state index is 0.00994. The Labute approximate surface area is 176 Å². The lowest BCUT2D eigenvalue weighted by Gasteiger charge is -2.10. The first-order chi connectivity index (χ1) is 13.1. The summed E-state index contributed by atoms with van der Waals surface area (Å²) in [4.78, 5) is 12.9. The minimum atomic E-state index is -4.22. The fraction of sp³-hybridized carbons (Fsp3) is 0.111. The zero-order valence-electron chi connectivity index (χ0n) is 14.6. The third-order valence-electron chi connectivity index (χ3n) is 3.86. The molecule has 3 rings (SSSR count). The second-order valence-corrected chi connectivity index (χ2v) is 8.66. The molecule has 0 amide bonds. The molecule has 146 valence electrons. The van der Waals surface area contributed by atoms with Gasteiger partial charge in [0.1, 0.15) is 10.5 Å². The predicted molar refractivity (Wildman–Crippen MR) is 107 cm³/mol. The molecule has 0 aliphatic heterocycles. The summed E-state index contributed by atoms with van der Waals surface area (Å²) in [6, 6.07) is 9.84. The van der Waals surface area contributed by atoms with Crippen molar-refractivity contribution in [2.45, 2.75) is 11.8 Å². The van der Waals surface area contributed by atoms with E-state index in [1.807, 2.05) is 0 Å². The number of ketones is 1. The summed E-state index contributed by atoms with van der Waals surface area (Å²) in [6.45, 7) is 1.57. The highest BCUT2D eigenvalue weighted by atomic mass is 35.5. The lowest BCUT2D eigenvalue weighted by Crippen LogP contribution is -2.15. The fourth-order valence-corrected chi connectivity index (χ4v) is 4.14. The molecular weight excluding hydrogens is 447 g/mol. The van der Waals surface area contributed by atoms with Crippen molar-refractivity contribution in [2.24, 2.45) is 7.05 Å². The van der Waals surface area contributed by atoms with Crippen LogP contribution in [-0.4, -0.2) is 24.0 Å². The smallest absolute Gasteiger partial charge is 0.340 e.